The van der Waals surface area contributed by atoms with E-state index >= 15 is 0 Å². The molecule has 5 rings (SSSR count). The normalized spacial score (nSPS) is 15.1. The monoisotopic (exact) mass is 532 g/mol. The number of nitrogens with zero attached hydrogens (tertiary/aromatic N) is 9. The van der Waals surface area contributed by atoms with E-state index in [2.05, 4.69) is 74.4 Å². The molecule has 10 nitrogen and oxygen atoms in total. The van der Waals surface area contributed by atoms with E-state index in [-0.39, 0.29) is 29.4 Å². The summed E-state index contributed by atoms with van der Waals surface area (Å²) in [4.78, 5) is 31.8. The first-order valence-electron chi connectivity index (χ1n) is 13.8. The van der Waals surface area contributed by atoms with E-state index in [4.69, 9.17) is 9.97 Å². The van der Waals surface area contributed by atoms with Crippen LogP contribution in [0, 0.1) is 5.82 Å². The highest BCUT2D eigenvalue weighted by Crippen LogP contribution is 2.29. The second-order valence-corrected chi connectivity index (χ2v) is 10.5. The molecule has 39 heavy (non-hydrogen) atoms. The number of hydrogen-bond donors (Lipinski definition) is 1. The summed E-state index contributed by atoms with van der Waals surface area (Å²) in [6, 6.07) is 4.18. The Morgan fingerprint density at radius 1 is 0.923 bits per heavy atom. The van der Waals surface area contributed by atoms with Gasteiger partial charge in [-0.25, -0.2) is 34.3 Å². The summed E-state index contributed by atoms with van der Waals surface area (Å²) in [5, 5.41) is 3.09. The molecule has 0 aromatic carbocycles. The van der Waals surface area contributed by atoms with Crippen molar-refractivity contribution in [3.8, 4) is 11.5 Å². The number of piperazine rings is 1. The lowest BCUT2D eigenvalue weighted by Crippen LogP contribution is -2.43. The quantitative estimate of drug-likeness (QED) is 0.326. The Kier molecular flexibility index (Phi) is 8.08. The SMILES string of the molecule is CCC(CC)n1c(C(C)C)nc2cnc(-c3nc(Nc4ccc(CN5CCN(C)CC5)cn4)ncc3F)nc21. The van der Waals surface area contributed by atoms with Gasteiger partial charge in [0.2, 0.25) is 5.95 Å². The van der Waals surface area contributed by atoms with E-state index < -0.39 is 5.82 Å². The van der Waals surface area contributed by atoms with Gasteiger partial charge in [-0.2, -0.15) is 0 Å². The predicted octanol–water partition coefficient (Wildman–Crippen LogP) is 4.79. The molecule has 1 saturated heterocycles. The van der Waals surface area contributed by atoms with Gasteiger partial charge in [0.1, 0.15) is 22.9 Å². The molecule has 0 bridgehead atoms. The number of anilines is 2. The maximum atomic E-state index is 14.9. The number of nitrogens with one attached hydrogen (secondary N) is 1. The van der Waals surface area contributed by atoms with E-state index in [9.17, 15) is 4.39 Å². The summed E-state index contributed by atoms with van der Waals surface area (Å²) in [6.07, 6.45) is 6.53. The van der Waals surface area contributed by atoms with Crippen LogP contribution in [0.25, 0.3) is 22.7 Å². The molecule has 1 aliphatic rings. The first-order chi connectivity index (χ1) is 18.9. The fourth-order valence-corrected chi connectivity index (χ4v) is 5.00. The summed E-state index contributed by atoms with van der Waals surface area (Å²) >= 11 is 0. The number of halogens is 1. The second-order valence-electron chi connectivity index (χ2n) is 10.5. The standard InChI is InChI=1S/C28H37FN10/c1-6-20(7-2)39-26(18(3)4)33-22-16-31-25(36-27(22)39)24-21(29)15-32-28(35-24)34-23-9-8-19(14-30-23)17-38-12-10-37(5)11-13-38/h8-9,14-16,18,20H,6-7,10-13,17H2,1-5H3,(H,30,32,34,35). The van der Waals surface area contributed by atoms with Gasteiger partial charge in [-0.15, -0.1) is 0 Å². The third-order valence-corrected chi connectivity index (χ3v) is 7.31. The van der Waals surface area contributed by atoms with Crippen LogP contribution in [-0.4, -0.2) is 77.5 Å². The zero-order valence-corrected chi connectivity index (χ0v) is 23.4. The Bertz CT molecular complexity index is 1410. The predicted molar refractivity (Wildman–Crippen MR) is 150 cm³/mol. The minimum absolute atomic E-state index is 0.0319. The van der Waals surface area contributed by atoms with Crippen molar-refractivity contribution in [3.05, 3.63) is 47.9 Å². The highest BCUT2D eigenvalue weighted by molar-refractivity contribution is 5.73. The van der Waals surface area contributed by atoms with Gasteiger partial charge >= 0.3 is 0 Å². The number of hydrogen-bond acceptors (Lipinski definition) is 9. The van der Waals surface area contributed by atoms with Crippen LogP contribution < -0.4 is 5.32 Å². The van der Waals surface area contributed by atoms with Crippen molar-refractivity contribution in [3.63, 3.8) is 0 Å². The van der Waals surface area contributed by atoms with Crippen molar-refractivity contribution in [2.24, 2.45) is 0 Å². The van der Waals surface area contributed by atoms with Gasteiger partial charge in [0.05, 0.1) is 12.4 Å². The Balaban J connectivity index is 1.39. The summed E-state index contributed by atoms with van der Waals surface area (Å²) in [5.74, 6) is 1.59. The fourth-order valence-electron chi connectivity index (χ4n) is 5.00. The summed E-state index contributed by atoms with van der Waals surface area (Å²) in [7, 11) is 2.15. The molecule has 0 saturated carbocycles. The Morgan fingerprint density at radius 3 is 2.36 bits per heavy atom. The van der Waals surface area contributed by atoms with Crippen LogP contribution >= 0.6 is 0 Å². The summed E-state index contributed by atoms with van der Waals surface area (Å²) < 4.78 is 17.1. The molecule has 0 amide bonds. The van der Waals surface area contributed by atoms with Gasteiger partial charge in [0.25, 0.3) is 0 Å². The number of aromatic nitrogens is 7. The van der Waals surface area contributed by atoms with Crippen LogP contribution in [0.5, 0.6) is 0 Å². The molecule has 0 unspecified atom stereocenters. The number of fused-ring (bicyclic) bond motifs is 1. The van der Waals surface area contributed by atoms with Crippen molar-refractivity contribution >= 4 is 22.9 Å². The third kappa shape index (κ3) is 5.89. The van der Waals surface area contributed by atoms with Crippen LogP contribution in [-0.2, 0) is 6.54 Å². The molecule has 206 valence electrons. The van der Waals surface area contributed by atoms with Gasteiger partial charge in [-0.1, -0.05) is 33.8 Å². The molecule has 5 heterocycles. The van der Waals surface area contributed by atoms with Gasteiger partial charge < -0.3 is 14.8 Å². The average molecular weight is 533 g/mol. The minimum atomic E-state index is -0.590. The Morgan fingerprint density at radius 2 is 1.69 bits per heavy atom. The molecule has 4 aromatic rings. The molecule has 0 radical (unpaired) electrons. The van der Waals surface area contributed by atoms with Crippen LogP contribution in [0.1, 0.15) is 63.9 Å². The average Bonchev–Trinajstić information content (AvgIpc) is 3.32. The smallest absolute Gasteiger partial charge is 0.229 e. The number of likely N-dealkylation sites (N-methyl/N-ethyl adjacent to an activating group) is 1. The fraction of sp³-hybridized carbons (Fsp3) is 0.500. The molecule has 4 aromatic heterocycles. The number of imidazole rings is 1. The first kappa shape index (κ1) is 27.0. The molecule has 0 atom stereocenters. The molecule has 1 aliphatic heterocycles. The van der Waals surface area contributed by atoms with Gasteiger partial charge in [-0.05, 0) is 31.5 Å². The van der Waals surface area contributed by atoms with Crippen LogP contribution in [0.4, 0.5) is 16.2 Å². The topological polar surface area (TPSA) is 101 Å². The molecule has 0 spiro atoms. The largest absolute Gasteiger partial charge is 0.309 e. The third-order valence-electron chi connectivity index (χ3n) is 7.31. The minimum Gasteiger partial charge on any atom is -0.309 e. The van der Waals surface area contributed by atoms with E-state index in [0.717, 1.165) is 63.2 Å². The maximum absolute atomic E-state index is 14.9. The highest BCUT2D eigenvalue weighted by Gasteiger charge is 2.22. The lowest BCUT2D eigenvalue weighted by atomic mass is 10.1. The Hall–Kier alpha value is -3.57. The highest BCUT2D eigenvalue weighted by atomic mass is 19.1. The van der Waals surface area contributed by atoms with Crippen molar-refractivity contribution < 1.29 is 4.39 Å². The van der Waals surface area contributed by atoms with E-state index in [0.29, 0.717) is 17.0 Å². The zero-order chi connectivity index (χ0) is 27.5. The number of rotatable bonds is 9. The molecular formula is C28H37FN10. The van der Waals surface area contributed by atoms with Crippen LogP contribution in [0.15, 0.2) is 30.7 Å². The lowest BCUT2D eigenvalue weighted by molar-refractivity contribution is 0.148. The second kappa shape index (κ2) is 11.7. The number of pyridine rings is 1. The van der Waals surface area contributed by atoms with Crippen molar-refractivity contribution in [2.45, 2.75) is 59.0 Å². The molecule has 1 fully saturated rings. The maximum Gasteiger partial charge on any atom is 0.229 e. The molecule has 1 N–H and O–H groups in total. The van der Waals surface area contributed by atoms with Gasteiger partial charge in [-0.3, -0.25) is 4.90 Å². The van der Waals surface area contributed by atoms with Crippen LogP contribution in [0.3, 0.4) is 0 Å². The lowest BCUT2D eigenvalue weighted by Gasteiger charge is -2.32. The first-order valence-corrected chi connectivity index (χ1v) is 13.8. The Labute approximate surface area is 228 Å². The van der Waals surface area contributed by atoms with E-state index in [1.54, 1.807) is 6.20 Å². The summed E-state index contributed by atoms with van der Waals surface area (Å²) in [6.45, 7) is 13.7. The molecule has 11 heteroatoms. The van der Waals surface area contributed by atoms with Crippen molar-refractivity contribution in [1.29, 1.82) is 0 Å². The van der Waals surface area contributed by atoms with Crippen molar-refractivity contribution in [2.75, 3.05) is 38.5 Å². The molecular weight excluding hydrogens is 495 g/mol. The zero-order valence-electron chi connectivity index (χ0n) is 23.4. The van der Waals surface area contributed by atoms with E-state index in [1.165, 1.54) is 0 Å². The van der Waals surface area contributed by atoms with Crippen LogP contribution in [0.2, 0.25) is 0 Å². The van der Waals surface area contributed by atoms with Gasteiger partial charge in [0.15, 0.2) is 17.3 Å². The van der Waals surface area contributed by atoms with Gasteiger partial charge in [0, 0.05) is 50.9 Å². The van der Waals surface area contributed by atoms with Crippen molar-refractivity contribution in [1.82, 2.24) is 44.3 Å². The van der Waals surface area contributed by atoms with E-state index in [1.807, 2.05) is 18.3 Å². The molecule has 0 aliphatic carbocycles. The summed E-state index contributed by atoms with van der Waals surface area (Å²) in [5.41, 5.74) is 2.57.